The van der Waals surface area contributed by atoms with Gasteiger partial charge in [0.1, 0.15) is 12.3 Å². The van der Waals surface area contributed by atoms with Gasteiger partial charge in [0.2, 0.25) is 0 Å². The van der Waals surface area contributed by atoms with Crippen LogP contribution in [0.15, 0.2) is 57.7 Å². The summed E-state index contributed by atoms with van der Waals surface area (Å²) in [5.74, 6) is 0.206. The lowest BCUT2D eigenvalue weighted by atomic mass is 10.0. The summed E-state index contributed by atoms with van der Waals surface area (Å²) >= 11 is 0. The van der Waals surface area contributed by atoms with E-state index < -0.39 is 0 Å². The second-order valence-electron chi connectivity index (χ2n) is 6.43. The van der Waals surface area contributed by atoms with E-state index in [0.717, 1.165) is 29.6 Å². The first-order valence-electron chi connectivity index (χ1n) is 8.40. The van der Waals surface area contributed by atoms with Crippen LogP contribution >= 0.6 is 0 Å². The Morgan fingerprint density at radius 2 is 1.79 bits per heavy atom. The van der Waals surface area contributed by atoms with Crippen LogP contribution in [-0.2, 0) is 6.54 Å². The van der Waals surface area contributed by atoms with E-state index >= 15 is 0 Å². The minimum absolute atomic E-state index is 0.206. The fourth-order valence-corrected chi connectivity index (χ4v) is 3.52. The number of phenolic OH excluding ortho intramolecular Hbond substituents is 1. The van der Waals surface area contributed by atoms with Crippen LogP contribution in [0.4, 0.5) is 0 Å². The Bertz CT molecular complexity index is 925. The molecule has 0 aliphatic carbocycles. The minimum Gasteiger partial charge on any atom is -0.507 e. The molecule has 0 atom stereocenters. The molecule has 1 fully saturated rings. The third-order valence-electron chi connectivity index (χ3n) is 4.80. The van der Waals surface area contributed by atoms with Gasteiger partial charge in [0.05, 0.1) is 24.2 Å². The molecule has 0 spiro atoms. The smallest absolute Gasteiger partial charge is 0.344 e. The Morgan fingerprint density at radius 3 is 2.54 bits per heavy atom. The number of likely N-dealkylation sites (tertiary alicyclic amines) is 1. The number of rotatable bonds is 3. The SMILES string of the molecule is O=c1oc2c(C[NH+]3CCCC3)c(O)ccc2cc1-c1ccccc1. The summed E-state index contributed by atoms with van der Waals surface area (Å²) in [6, 6.07) is 14.9. The van der Waals surface area contributed by atoms with Gasteiger partial charge in [-0.2, -0.15) is 0 Å². The molecule has 1 aliphatic rings. The normalized spacial score (nSPS) is 15.2. The van der Waals surface area contributed by atoms with Crippen molar-refractivity contribution < 1.29 is 14.4 Å². The van der Waals surface area contributed by atoms with Gasteiger partial charge in [-0.05, 0) is 23.8 Å². The molecule has 4 rings (SSSR count). The molecule has 2 aromatic carbocycles. The zero-order valence-electron chi connectivity index (χ0n) is 13.4. The molecule has 2 N–H and O–H groups in total. The van der Waals surface area contributed by atoms with E-state index in [4.69, 9.17) is 4.42 Å². The summed E-state index contributed by atoms with van der Waals surface area (Å²) in [7, 11) is 0. The van der Waals surface area contributed by atoms with Gasteiger partial charge in [-0.1, -0.05) is 30.3 Å². The predicted octanol–water partition coefficient (Wildman–Crippen LogP) is 2.34. The van der Waals surface area contributed by atoms with E-state index in [0.29, 0.717) is 17.7 Å². The first kappa shape index (κ1) is 15.0. The number of benzene rings is 2. The van der Waals surface area contributed by atoms with Gasteiger partial charge in [-0.15, -0.1) is 0 Å². The number of quaternary nitrogens is 1. The van der Waals surface area contributed by atoms with E-state index in [1.807, 2.05) is 42.5 Å². The van der Waals surface area contributed by atoms with Crippen LogP contribution in [0.5, 0.6) is 5.75 Å². The molecule has 0 bridgehead atoms. The van der Waals surface area contributed by atoms with E-state index in [2.05, 4.69) is 0 Å². The Hall–Kier alpha value is -2.59. The summed E-state index contributed by atoms with van der Waals surface area (Å²) < 4.78 is 5.64. The highest BCUT2D eigenvalue weighted by molar-refractivity contribution is 5.85. The fourth-order valence-electron chi connectivity index (χ4n) is 3.52. The molecule has 0 unspecified atom stereocenters. The number of fused-ring (bicyclic) bond motifs is 1. The van der Waals surface area contributed by atoms with Crippen LogP contribution in [0.25, 0.3) is 22.1 Å². The molecular weight excluding hydrogens is 302 g/mol. The van der Waals surface area contributed by atoms with Crippen LogP contribution in [0, 0.1) is 0 Å². The maximum atomic E-state index is 12.5. The van der Waals surface area contributed by atoms with E-state index in [-0.39, 0.29) is 11.4 Å². The molecule has 2 heterocycles. The van der Waals surface area contributed by atoms with Gasteiger partial charge >= 0.3 is 5.63 Å². The number of hydrogen-bond donors (Lipinski definition) is 2. The second-order valence-corrected chi connectivity index (χ2v) is 6.43. The highest BCUT2D eigenvalue weighted by atomic mass is 16.4. The van der Waals surface area contributed by atoms with Crippen LogP contribution < -0.4 is 10.5 Å². The minimum atomic E-state index is -0.364. The number of aromatic hydroxyl groups is 1. The Labute approximate surface area is 140 Å². The monoisotopic (exact) mass is 322 g/mol. The molecule has 1 aromatic heterocycles. The van der Waals surface area contributed by atoms with Crippen molar-refractivity contribution in [2.75, 3.05) is 13.1 Å². The molecule has 4 nitrogen and oxygen atoms in total. The van der Waals surface area contributed by atoms with Crippen molar-refractivity contribution in [2.24, 2.45) is 0 Å². The van der Waals surface area contributed by atoms with E-state index in [1.165, 1.54) is 17.7 Å². The number of phenols is 1. The number of hydrogen-bond acceptors (Lipinski definition) is 3. The first-order valence-corrected chi connectivity index (χ1v) is 8.40. The molecule has 3 aromatic rings. The van der Waals surface area contributed by atoms with Gasteiger partial charge in [-0.3, -0.25) is 0 Å². The zero-order valence-corrected chi connectivity index (χ0v) is 13.4. The summed E-state index contributed by atoms with van der Waals surface area (Å²) in [6.45, 7) is 2.89. The maximum Gasteiger partial charge on any atom is 0.344 e. The Balaban J connectivity index is 1.84. The van der Waals surface area contributed by atoms with Crippen LogP contribution in [0.3, 0.4) is 0 Å². The lowest BCUT2D eigenvalue weighted by Gasteiger charge is -2.14. The first-order chi connectivity index (χ1) is 11.7. The van der Waals surface area contributed by atoms with Crippen LogP contribution in [0.2, 0.25) is 0 Å². The third kappa shape index (κ3) is 2.69. The molecule has 0 saturated carbocycles. The van der Waals surface area contributed by atoms with Gasteiger partial charge < -0.3 is 14.4 Å². The van der Waals surface area contributed by atoms with Crippen molar-refractivity contribution in [2.45, 2.75) is 19.4 Å². The van der Waals surface area contributed by atoms with Crippen molar-refractivity contribution in [3.05, 3.63) is 64.5 Å². The molecule has 0 radical (unpaired) electrons. The second kappa shape index (κ2) is 6.13. The van der Waals surface area contributed by atoms with E-state index in [9.17, 15) is 9.90 Å². The third-order valence-corrected chi connectivity index (χ3v) is 4.80. The molecular formula is C20H20NO3+. The van der Waals surface area contributed by atoms with Crippen molar-refractivity contribution in [1.29, 1.82) is 0 Å². The Morgan fingerprint density at radius 1 is 1.04 bits per heavy atom. The average Bonchev–Trinajstić information content (AvgIpc) is 3.11. The Kier molecular flexibility index (Phi) is 3.82. The molecule has 1 saturated heterocycles. The zero-order chi connectivity index (χ0) is 16.5. The van der Waals surface area contributed by atoms with E-state index in [1.54, 1.807) is 6.07 Å². The standard InChI is InChI=1S/C20H19NO3/c22-18-9-8-15-12-16(14-6-2-1-3-7-14)20(23)24-19(15)17(18)13-21-10-4-5-11-21/h1-3,6-9,12,22H,4-5,10-11,13H2/p+1. The topological polar surface area (TPSA) is 54.9 Å². The van der Waals surface area contributed by atoms with Gasteiger partial charge in [0.25, 0.3) is 0 Å². The van der Waals surface area contributed by atoms with Gasteiger partial charge in [-0.25, -0.2) is 4.79 Å². The van der Waals surface area contributed by atoms with Crippen LogP contribution in [-0.4, -0.2) is 18.2 Å². The summed E-state index contributed by atoms with van der Waals surface area (Å²) in [5, 5.41) is 11.1. The predicted molar refractivity (Wildman–Crippen MR) is 93.2 cm³/mol. The molecule has 4 heteroatoms. The van der Waals surface area contributed by atoms with Crippen molar-refractivity contribution in [3.63, 3.8) is 0 Å². The summed E-state index contributed by atoms with van der Waals surface area (Å²) in [5.41, 5.74) is 2.28. The maximum absolute atomic E-state index is 12.5. The van der Waals surface area contributed by atoms with Gasteiger partial charge in [0.15, 0.2) is 5.58 Å². The summed E-state index contributed by atoms with van der Waals surface area (Å²) in [4.78, 5) is 13.9. The summed E-state index contributed by atoms with van der Waals surface area (Å²) in [6.07, 6.45) is 2.42. The molecule has 24 heavy (non-hydrogen) atoms. The molecule has 1 aliphatic heterocycles. The highest BCUT2D eigenvalue weighted by Crippen LogP contribution is 2.28. The molecule has 122 valence electrons. The van der Waals surface area contributed by atoms with Crippen LogP contribution in [0.1, 0.15) is 18.4 Å². The lowest BCUT2D eigenvalue weighted by Crippen LogP contribution is -3.08. The fraction of sp³-hybridized carbons (Fsp3) is 0.250. The van der Waals surface area contributed by atoms with Crippen molar-refractivity contribution >= 4 is 11.0 Å². The number of nitrogens with one attached hydrogen (secondary N) is 1. The lowest BCUT2D eigenvalue weighted by molar-refractivity contribution is -0.901. The van der Waals surface area contributed by atoms with Crippen molar-refractivity contribution in [3.8, 4) is 16.9 Å². The molecule has 0 amide bonds. The van der Waals surface area contributed by atoms with Gasteiger partial charge in [0, 0.05) is 18.2 Å². The highest BCUT2D eigenvalue weighted by Gasteiger charge is 2.21. The van der Waals surface area contributed by atoms with Crippen molar-refractivity contribution in [1.82, 2.24) is 0 Å². The largest absolute Gasteiger partial charge is 0.507 e. The average molecular weight is 322 g/mol. The quantitative estimate of drug-likeness (QED) is 0.728.